The van der Waals surface area contributed by atoms with Gasteiger partial charge >= 0.3 is 0 Å². The highest BCUT2D eigenvalue weighted by Crippen LogP contribution is 2.53. The summed E-state index contributed by atoms with van der Waals surface area (Å²) in [5.41, 5.74) is 17.6. The highest BCUT2D eigenvalue weighted by atomic mass is 15.0. The van der Waals surface area contributed by atoms with E-state index < -0.39 is 0 Å². The molecule has 3 nitrogen and oxygen atoms in total. The number of nitrogens with one attached hydrogen (secondary N) is 1. The third kappa shape index (κ3) is 3.04. The van der Waals surface area contributed by atoms with Gasteiger partial charge in [0.15, 0.2) is 0 Å². The van der Waals surface area contributed by atoms with Crippen LogP contribution in [0.3, 0.4) is 0 Å². The topological polar surface area (TPSA) is 54.8 Å². The summed E-state index contributed by atoms with van der Waals surface area (Å²) in [6, 6.07) is 38.7. The number of fused-ring (bicyclic) bond motifs is 7. The summed E-state index contributed by atoms with van der Waals surface area (Å²) in [7, 11) is 0. The maximum absolute atomic E-state index is 8.00. The van der Waals surface area contributed by atoms with Gasteiger partial charge in [0.1, 0.15) is 5.84 Å². The monoisotopic (exact) mass is 477 g/mol. The molecule has 1 aliphatic rings. The summed E-state index contributed by atoms with van der Waals surface area (Å²) in [5, 5.41) is 10.5. The molecule has 1 aromatic heterocycles. The van der Waals surface area contributed by atoms with E-state index in [1.807, 2.05) is 18.2 Å². The Hall–Kier alpha value is -4.63. The number of aromatic nitrogens is 1. The third-order valence-corrected chi connectivity index (χ3v) is 8.00. The highest BCUT2D eigenvalue weighted by molar-refractivity contribution is 6.18. The molecule has 0 spiro atoms. The van der Waals surface area contributed by atoms with Gasteiger partial charge in [-0.1, -0.05) is 92.7 Å². The van der Waals surface area contributed by atoms with Crippen molar-refractivity contribution in [1.82, 2.24) is 4.57 Å². The zero-order chi connectivity index (χ0) is 25.3. The van der Waals surface area contributed by atoms with Crippen LogP contribution in [0.25, 0.3) is 49.7 Å². The minimum Gasteiger partial charge on any atom is -0.384 e. The average Bonchev–Trinajstić information content (AvgIpc) is 3.38. The van der Waals surface area contributed by atoms with Crippen LogP contribution in [0, 0.1) is 5.41 Å². The summed E-state index contributed by atoms with van der Waals surface area (Å²) in [4.78, 5) is 0. The molecule has 0 bridgehead atoms. The Bertz CT molecular complexity index is 1870. The van der Waals surface area contributed by atoms with Gasteiger partial charge in [-0.2, -0.15) is 0 Å². The number of nitrogens with two attached hydrogens (primary N) is 1. The largest absolute Gasteiger partial charge is 0.384 e. The molecule has 0 unspecified atom stereocenters. The molecule has 7 rings (SSSR count). The SMILES string of the molecule is CC1(C)c2ccccc2-c2c1ccc1c2c2cc(-c3ccccc3)ccc2n1-c1cccc(C(=N)N)c1. The Morgan fingerprint density at radius 2 is 1.46 bits per heavy atom. The predicted molar refractivity (Wildman–Crippen MR) is 155 cm³/mol. The van der Waals surface area contributed by atoms with E-state index in [1.165, 1.54) is 44.2 Å². The van der Waals surface area contributed by atoms with E-state index in [0.717, 1.165) is 22.3 Å². The smallest absolute Gasteiger partial charge is 0.122 e. The summed E-state index contributed by atoms with van der Waals surface area (Å²) < 4.78 is 2.32. The summed E-state index contributed by atoms with van der Waals surface area (Å²) in [6.07, 6.45) is 0. The number of amidine groups is 1. The number of nitrogens with zero attached hydrogens (tertiary/aromatic N) is 1. The molecule has 1 aliphatic carbocycles. The van der Waals surface area contributed by atoms with Crippen molar-refractivity contribution < 1.29 is 0 Å². The molecule has 3 heteroatoms. The van der Waals surface area contributed by atoms with Crippen molar-refractivity contribution in [3.8, 4) is 27.9 Å². The van der Waals surface area contributed by atoms with Crippen LogP contribution in [0.1, 0.15) is 30.5 Å². The molecule has 0 saturated carbocycles. The molecule has 6 aromatic rings. The minimum absolute atomic E-state index is 0.0693. The van der Waals surface area contributed by atoms with Crippen molar-refractivity contribution in [2.45, 2.75) is 19.3 Å². The van der Waals surface area contributed by atoms with Gasteiger partial charge in [-0.15, -0.1) is 0 Å². The van der Waals surface area contributed by atoms with Crippen LogP contribution in [0.4, 0.5) is 0 Å². The molecule has 0 saturated heterocycles. The molecule has 5 aromatic carbocycles. The van der Waals surface area contributed by atoms with Crippen molar-refractivity contribution >= 4 is 27.6 Å². The second kappa shape index (κ2) is 7.68. The summed E-state index contributed by atoms with van der Waals surface area (Å²) in [5.74, 6) is 0.0746. The van der Waals surface area contributed by atoms with Crippen LogP contribution < -0.4 is 5.73 Å². The Kier molecular flexibility index (Phi) is 4.49. The van der Waals surface area contributed by atoms with Gasteiger partial charge in [0.2, 0.25) is 0 Å². The zero-order valence-corrected chi connectivity index (χ0v) is 20.9. The lowest BCUT2D eigenvalue weighted by Gasteiger charge is -2.21. The fourth-order valence-corrected chi connectivity index (χ4v) is 6.20. The minimum atomic E-state index is -0.0693. The molecular weight excluding hydrogens is 450 g/mol. The third-order valence-electron chi connectivity index (χ3n) is 8.00. The van der Waals surface area contributed by atoms with Crippen LogP contribution in [0.15, 0.2) is 109 Å². The first-order valence-corrected chi connectivity index (χ1v) is 12.7. The van der Waals surface area contributed by atoms with Crippen LogP contribution in [-0.4, -0.2) is 10.4 Å². The summed E-state index contributed by atoms with van der Waals surface area (Å²) >= 11 is 0. The van der Waals surface area contributed by atoms with E-state index in [2.05, 4.69) is 109 Å². The molecule has 37 heavy (non-hydrogen) atoms. The van der Waals surface area contributed by atoms with E-state index in [9.17, 15) is 0 Å². The van der Waals surface area contributed by atoms with Gasteiger partial charge in [0.05, 0.1) is 11.0 Å². The van der Waals surface area contributed by atoms with Crippen molar-refractivity contribution in [1.29, 1.82) is 5.41 Å². The first kappa shape index (κ1) is 21.6. The molecule has 1 heterocycles. The maximum Gasteiger partial charge on any atom is 0.122 e. The standard InChI is InChI=1S/C34H27N3/c1-34(2)27-14-7-6-13-25(27)31-28(34)16-18-30-32(31)26-20-22(21-9-4-3-5-10-21)15-17-29(26)37(30)24-12-8-11-23(19-24)33(35)36/h3-20H,1-2H3,(H3,35,36). The van der Waals surface area contributed by atoms with Crippen molar-refractivity contribution in [3.05, 3.63) is 126 Å². The predicted octanol–water partition coefficient (Wildman–Crippen LogP) is 8.04. The van der Waals surface area contributed by atoms with E-state index in [4.69, 9.17) is 11.1 Å². The Morgan fingerprint density at radius 3 is 2.27 bits per heavy atom. The molecule has 0 amide bonds. The molecule has 0 radical (unpaired) electrons. The fraction of sp³-hybridized carbons (Fsp3) is 0.0882. The number of benzene rings is 5. The molecule has 178 valence electrons. The van der Waals surface area contributed by atoms with Crippen LogP contribution in [-0.2, 0) is 5.41 Å². The van der Waals surface area contributed by atoms with Crippen LogP contribution >= 0.6 is 0 Å². The van der Waals surface area contributed by atoms with Gasteiger partial charge in [0, 0.05) is 27.4 Å². The van der Waals surface area contributed by atoms with Crippen molar-refractivity contribution in [3.63, 3.8) is 0 Å². The zero-order valence-electron chi connectivity index (χ0n) is 20.9. The molecule has 0 aliphatic heterocycles. The lowest BCUT2D eigenvalue weighted by molar-refractivity contribution is 0.661. The van der Waals surface area contributed by atoms with E-state index in [1.54, 1.807) is 0 Å². The quantitative estimate of drug-likeness (QED) is 0.197. The maximum atomic E-state index is 8.00. The van der Waals surface area contributed by atoms with Crippen molar-refractivity contribution in [2.75, 3.05) is 0 Å². The van der Waals surface area contributed by atoms with E-state index in [0.29, 0.717) is 0 Å². The van der Waals surface area contributed by atoms with Gasteiger partial charge in [-0.05, 0) is 63.7 Å². The van der Waals surface area contributed by atoms with Gasteiger partial charge in [-0.25, -0.2) is 0 Å². The Balaban J connectivity index is 1.64. The number of hydrogen-bond acceptors (Lipinski definition) is 1. The Labute approximate surface area is 216 Å². The Morgan fingerprint density at radius 1 is 0.703 bits per heavy atom. The number of hydrogen-bond donors (Lipinski definition) is 2. The van der Waals surface area contributed by atoms with Gasteiger partial charge in [0.25, 0.3) is 0 Å². The normalized spacial score (nSPS) is 13.6. The molecule has 3 N–H and O–H groups in total. The molecular formula is C34H27N3. The lowest BCUT2D eigenvalue weighted by Crippen LogP contribution is -2.14. The summed E-state index contributed by atoms with van der Waals surface area (Å²) in [6.45, 7) is 4.66. The van der Waals surface area contributed by atoms with Crippen molar-refractivity contribution in [2.24, 2.45) is 5.73 Å². The van der Waals surface area contributed by atoms with E-state index in [-0.39, 0.29) is 11.3 Å². The van der Waals surface area contributed by atoms with E-state index >= 15 is 0 Å². The first-order valence-electron chi connectivity index (χ1n) is 12.7. The number of rotatable bonds is 3. The second-order valence-electron chi connectivity index (χ2n) is 10.5. The molecule has 0 atom stereocenters. The second-order valence-corrected chi connectivity index (χ2v) is 10.5. The fourth-order valence-electron chi connectivity index (χ4n) is 6.20. The number of nitrogen functional groups attached to an aromatic ring is 1. The lowest BCUT2D eigenvalue weighted by atomic mass is 9.82. The molecule has 0 fully saturated rings. The van der Waals surface area contributed by atoms with Gasteiger partial charge < -0.3 is 10.3 Å². The van der Waals surface area contributed by atoms with Crippen LogP contribution in [0.5, 0.6) is 0 Å². The van der Waals surface area contributed by atoms with Crippen LogP contribution in [0.2, 0.25) is 0 Å². The first-order chi connectivity index (χ1) is 17.9. The average molecular weight is 478 g/mol. The highest BCUT2D eigenvalue weighted by Gasteiger charge is 2.37. The van der Waals surface area contributed by atoms with Gasteiger partial charge in [-0.3, -0.25) is 5.41 Å².